The Bertz CT molecular complexity index is 686. The molecule has 0 aliphatic carbocycles. The van der Waals surface area contributed by atoms with Gasteiger partial charge in [-0.25, -0.2) is 0 Å². The summed E-state index contributed by atoms with van der Waals surface area (Å²) in [6.45, 7) is 6.98. The lowest BCUT2D eigenvalue weighted by Gasteiger charge is -2.34. The third-order valence-corrected chi connectivity index (χ3v) is 6.15. The van der Waals surface area contributed by atoms with Gasteiger partial charge in [0, 0.05) is 24.7 Å². The molecule has 4 atom stereocenters. The Labute approximate surface area is 195 Å². The van der Waals surface area contributed by atoms with E-state index in [1.165, 1.54) is 12.0 Å². The van der Waals surface area contributed by atoms with Gasteiger partial charge in [0.1, 0.15) is 0 Å². The van der Waals surface area contributed by atoms with E-state index in [2.05, 4.69) is 34.6 Å². The fourth-order valence-corrected chi connectivity index (χ4v) is 4.70. The molecule has 0 amide bonds. The molecule has 0 saturated carbocycles. The highest BCUT2D eigenvalue weighted by Crippen LogP contribution is 2.34. The maximum atomic E-state index is 6.27. The summed E-state index contributed by atoms with van der Waals surface area (Å²) in [5.74, 6) is 0.879. The first kappa shape index (κ1) is 23.1. The normalized spacial score (nSPS) is 28.1. The van der Waals surface area contributed by atoms with E-state index in [0.717, 1.165) is 56.7 Å². The van der Waals surface area contributed by atoms with Gasteiger partial charge in [-0.2, -0.15) is 0 Å². The number of ether oxygens (including phenoxy) is 2. The van der Waals surface area contributed by atoms with Crippen molar-refractivity contribution in [2.75, 3.05) is 39.4 Å². The molecule has 1 aromatic rings. The van der Waals surface area contributed by atoms with Crippen LogP contribution in [0.25, 0.3) is 0 Å². The molecule has 3 aliphatic rings. The molecule has 4 unspecified atom stereocenters. The number of nitrogens with one attached hydrogen (secondary N) is 2. The number of hydrogen-bond acceptors (Lipinski definition) is 4. The van der Waals surface area contributed by atoms with E-state index in [-0.39, 0.29) is 30.0 Å². The molecule has 3 heterocycles. The third kappa shape index (κ3) is 5.97. The molecule has 2 bridgehead atoms. The van der Waals surface area contributed by atoms with Gasteiger partial charge in [0.25, 0.3) is 0 Å². The average Bonchev–Trinajstić information content (AvgIpc) is 3.32. The van der Waals surface area contributed by atoms with E-state index in [0.29, 0.717) is 24.8 Å². The number of nitrogens with zero attached hydrogens (tertiary/aromatic N) is 2. The number of fused-ring (bicyclic) bond motifs is 2. The van der Waals surface area contributed by atoms with E-state index in [1.54, 1.807) is 0 Å². The number of aliphatic imine (C=N–C) groups is 1. The predicted octanol–water partition coefficient (Wildman–Crippen LogP) is 3.21. The van der Waals surface area contributed by atoms with Crippen molar-refractivity contribution in [1.82, 2.24) is 15.5 Å². The Morgan fingerprint density at radius 1 is 1.31 bits per heavy atom. The van der Waals surface area contributed by atoms with E-state index in [4.69, 9.17) is 26.1 Å². The molecular weight excluding hydrogens is 503 g/mol. The number of hydrogen-bond donors (Lipinski definition) is 2. The van der Waals surface area contributed by atoms with E-state index in [9.17, 15) is 0 Å². The van der Waals surface area contributed by atoms with Crippen LogP contribution in [0.5, 0.6) is 0 Å². The maximum absolute atomic E-state index is 6.27. The third-order valence-electron chi connectivity index (χ3n) is 5.91. The fraction of sp³-hybridized carbons (Fsp3) is 0.667. The van der Waals surface area contributed by atoms with E-state index >= 15 is 0 Å². The molecule has 8 heteroatoms. The fourth-order valence-electron chi connectivity index (χ4n) is 4.50. The first-order valence-corrected chi connectivity index (χ1v) is 10.9. The molecule has 0 radical (unpaired) electrons. The molecule has 2 N–H and O–H groups in total. The minimum Gasteiger partial charge on any atom is -0.379 e. The summed E-state index contributed by atoms with van der Waals surface area (Å²) in [4.78, 5) is 7.40. The highest BCUT2D eigenvalue weighted by atomic mass is 127. The monoisotopic (exact) mass is 534 g/mol. The van der Waals surface area contributed by atoms with E-state index in [1.807, 2.05) is 12.1 Å². The molecule has 1 aromatic carbocycles. The van der Waals surface area contributed by atoms with Gasteiger partial charge in [-0.05, 0) is 43.9 Å². The van der Waals surface area contributed by atoms with Crippen molar-refractivity contribution in [1.29, 1.82) is 0 Å². The van der Waals surface area contributed by atoms with Crippen molar-refractivity contribution < 1.29 is 9.47 Å². The molecule has 6 nitrogen and oxygen atoms in total. The highest BCUT2D eigenvalue weighted by Gasteiger charge is 2.41. The van der Waals surface area contributed by atoms with Crippen LogP contribution in [0.1, 0.15) is 37.8 Å². The largest absolute Gasteiger partial charge is 0.379 e. The van der Waals surface area contributed by atoms with Crippen LogP contribution in [0, 0.1) is 0 Å². The SMILES string of the molecule is CCNC(=NCC(c1cccc(Cl)c1)N1CCOCC1)NC1CC2CCC1O2.I. The van der Waals surface area contributed by atoms with Crippen LogP contribution >= 0.6 is 35.6 Å². The number of benzene rings is 1. The second kappa shape index (κ2) is 11.1. The van der Waals surface area contributed by atoms with Crippen LogP contribution in [0.2, 0.25) is 5.02 Å². The minimum atomic E-state index is 0. The zero-order valence-corrected chi connectivity index (χ0v) is 20.1. The van der Waals surface area contributed by atoms with Crippen molar-refractivity contribution in [2.24, 2.45) is 4.99 Å². The zero-order chi connectivity index (χ0) is 19.3. The topological polar surface area (TPSA) is 58.1 Å². The molecule has 162 valence electrons. The maximum Gasteiger partial charge on any atom is 0.191 e. The Kier molecular flexibility index (Phi) is 8.85. The Hall–Kier alpha value is -0.610. The predicted molar refractivity (Wildman–Crippen MR) is 127 cm³/mol. The lowest BCUT2D eigenvalue weighted by Crippen LogP contribution is -2.48. The Morgan fingerprint density at radius 2 is 2.14 bits per heavy atom. The Morgan fingerprint density at radius 3 is 2.79 bits per heavy atom. The quantitative estimate of drug-likeness (QED) is 0.334. The summed E-state index contributed by atoms with van der Waals surface area (Å²) in [6, 6.07) is 8.70. The molecule has 0 aromatic heterocycles. The lowest BCUT2D eigenvalue weighted by molar-refractivity contribution is 0.0179. The van der Waals surface area contributed by atoms with Crippen LogP contribution in [-0.2, 0) is 9.47 Å². The molecule has 3 saturated heterocycles. The second-order valence-electron chi connectivity index (χ2n) is 7.80. The van der Waals surface area contributed by atoms with Gasteiger partial charge in [-0.15, -0.1) is 24.0 Å². The minimum absolute atomic E-state index is 0. The average molecular weight is 535 g/mol. The van der Waals surface area contributed by atoms with Crippen LogP contribution in [0.4, 0.5) is 0 Å². The van der Waals surface area contributed by atoms with Gasteiger partial charge in [-0.3, -0.25) is 9.89 Å². The molecular formula is C21H32ClIN4O2. The van der Waals surface area contributed by atoms with Gasteiger partial charge in [0.05, 0.1) is 44.1 Å². The zero-order valence-electron chi connectivity index (χ0n) is 17.0. The van der Waals surface area contributed by atoms with Crippen molar-refractivity contribution in [2.45, 2.75) is 50.5 Å². The van der Waals surface area contributed by atoms with Gasteiger partial charge in [-0.1, -0.05) is 23.7 Å². The number of guanidine groups is 1. The van der Waals surface area contributed by atoms with Gasteiger partial charge < -0.3 is 20.1 Å². The van der Waals surface area contributed by atoms with Gasteiger partial charge in [0.15, 0.2) is 5.96 Å². The molecule has 4 rings (SSSR count). The first-order chi connectivity index (χ1) is 13.7. The smallest absolute Gasteiger partial charge is 0.191 e. The summed E-state index contributed by atoms with van der Waals surface area (Å²) >= 11 is 6.27. The van der Waals surface area contributed by atoms with Crippen molar-refractivity contribution >= 4 is 41.5 Å². The van der Waals surface area contributed by atoms with Crippen LogP contribution in [0.3, 0.4) is 0 Å². The van der Waals surface area contributed by atoms with E-state index < -0.39 is 0 Å². The molecule has 29 heavy (non-hydrogen) atoms. The molecule has 3 fully saturated rings. The summed E-state index contributed by atoms with van der Waals surface area (Å²) in [7, 11) is 0. The van der Waals surface area contributed by atoms with Crippen molar-refractivity contribution in [3.05, 3.63) is 34.9 Å². The second-order valence-corrected chi connectivity index (χ2v) is 8.24. The van der Waals surface area contributed by atoms with Crippen molar-refractivity contribution in [3.63, 3.8) is 0 Å². The van der Waals surface area contributed by atoms with Crippen molar-refractivity contribution in [3.8, 4) is 0 Å². The molecule has 3 aliphatic heterocycles. The van der Waals surface area contributed by atoms with Crippen LogP contribution in [0.15, 0.2) is 29.3 Å². The first-order valence-electron chi connectivity index (χ1n) is 10.5. The van der Waals surface area contributed by atoms with Crippen LogP contribution in [-0.4, -0.2) is 68.5 Å². The van der Waals surface area contributed by atoms with Gasteiger partial charge in [0.2, 0.25) is 0 Å². The summed E-state index contributed by atoms with van der Waals surface area (Å²) in [6.07, 6.45) is 4.19. The number of halogens is 2. The lowest BCUT2D eigenvalue weighted by atomic mass is 9.96. The standard InChI is InChI=1S/C21H31ClN4O2.HI/c1-2-23-21(25-18-13-17-6-7-20(18)28-17)24-14-19(26-8-10-27-11-9-26)15-4-3-5-16(22)12-15;/h3-5,12,17-20H,2,6-11,13-14H2,1H3,(H2,23,24,25);1H. The number of rotatable bonds is 6. The summed E-state index contributed by atoms with van der Waals surface area (Å²) in [5, 5.41) is 7.79. The molecule has 0 spiro atoms. The summed E-state index contributed by atoms with van der Waals surface area (Å²) in [5.41, 5.74) is 1.21. The summed E-state index contributed by atoms with van der Waals surface area (Å²) < 4.78 is 11.5. The van der Waals surface area contributed by atoms with Gasteiger partial charge >= 0.3 is 0 Å². The highest BCUT2D eigenvalue weighted by molar-refractivity contribution is 14.0. The van der Waals surface area contributed by atoms with Crippen LogP contribution < -0.4 is 10.6 Å². The number of morpholine rings is 1. The Balaban J connectivity index is 0.00000240.